The topological polar surface area (TPSA) is 79.7 Å². The molecule has 2 aromatic heterocycles. The third-order valence-electron chi connectivity index (χ3n) is 5.02. The second-order valence-corrected chi connectivity index (χ2v) is 16.4. The van der Waals surface area contributed by atoms with Crippen LogP contribution in [0.15, 0.2) is 42.6 Å². The molecule has 0 aliphatic carbocycles. The van der Waals surface area contributed by atoms with Gasteiger partial charge in [-0.1, -0.05) is 50.0 Å². The summed E-state index contributed by atoms with van der Waals surface area (Å²) in [6, 6.07) is 12.8. The molecular weight excluding hydrogens is 444 g/mol. The second kappa shape index (κ2) is 10.2. The number of benzene rings is 1. The summed E-state index contributed by atoms with van der Waals surface area (Å²) in [6.07, 6.45) is 2.96. The maximum Gasteiger partial charge on any atom is 0.264 e. The molecule has 1 aromatic carbocycles. The Kier molecular flexibility index (Phi) is 7.76. The molecule has 3 aromatic rings. The Morgan fingerprint density at radius 3 is 2.44 bits per heavy atom. The van der Waals surface area contributed by atoms with E-state index in [0.29, 0.717) is 31.4 Å². The predicted molar refractivity (Wildman–Crippen MR) is 129 cm³/mol. The van der Waals surface area contributed by atoms with Crippen LogP contribution in [0.3, 0.4) is 0 Å². The van der Waals surface area contributed by atoms with Crippen molar-refractivity contribution in [3.63, 3.8) is 0 Å². The van der Waals surface area contributed by atoms with Crippen LogP contribution in [0.2, 0.25) is 25.7 Å². The van der Waals surface area contributed by atoms with Gasteiger partial charge in [-0.05, 0) is 24.6 Å². The zero-order chi connectivity index (χ0) is 23.4. The fourth-order valence-electron chi connectivity index (χ4n) is 3.31. The van der Waals surface area contributed by atoms with Crippen molar-refractivity contribution in [2.75, 3.05) is 12.9 Å². The Morgan fingerprint density at radius 1 is 1.06 bits per heavy atom. The summed E-state index contributed by atoms with van der Waals surface area (Å²) < 4.78 is 42.3. The molecule has 0 spiro atoms. The number of nitrogens with zero attached hydrogens (tertiary/aromatic N) is 2. The van der Waals surface area contributed by atoms with Gasteiger partial charge < -0.3 is 14.0 Å². The number of rotatable bonds is 11. The monoisotopic (exact) mass is 476 g/mol. The molecule has 0 N–H and O–H groups in total. The van der Waals surface area contributed by atoms with Gasteiger partial charge in [0, 0.05) is 26.3 Å². The maximum absolute atomic E-state index is 11.7. The first-order valence-corrected chi connectivity index (χ1v) is 16.1. The molecule has 0 saturated carbocycles. The number of ether oxygens (including phenoxy) is 2. The van der Waals surface area contributed by atoms with E-state index in [1.165, 1.54) is 0 Å². The lowest BCUT2D eigenvalue weighted by Gasteiger charge is -2.17. The molecule has 0 unspecified atom stereocenters. The van der Waals surface area contributed by atoms with E-state index in [1.807, 2.05) is 54.1 Å². The van der Waals surface area contributed by atoms with Gasteiger partial charge in [-0.25, -0.2) is 4.98 Å². The van der Waals surface area contributed by atoms with Crippen molar-refractivity contribution in [1.82, 2.24) is 9.55 Å². The zero-order valence-electron chi connectivity index (χ0n) is 19.4. The molecule has 32 heavy (non-hydrogen) atoms. The minimum atomic E-state index is -3.62. The number of aromatic nitrogens is 2. The average molecular weight is 477 g/mol. The van der Waals surface area contributed by atoms with Crippen LogP contribution in [0.25, 0.3) is 10.9 Å². The summed E-state index contributed by atoms with van der Waals surface area (Å²) >= 11 is 0. The van der Waals surface area contributed by atoms with Crippen LogP contribution >= 0.6 is 0 Å². The van der Waals surface area contributed by atoms with Crippen molar-refractivity contribution in [2.24, 2.45) is 0 Å². The first kappa shape index (κ1) is 24.4. The number of pyridine rings is 1. The van der Waals surface area contributed by atoms with Crippen molar-refractivity contribution in [2.45, 2.75) is 52.6 Å². The Bertz CT molecular complexity index is 1150. The van der Waals surface area contributed by atoms with Crippen LogP contribution in [-0.4, -0.2) is 38.9 Å². The summed E-state index contributed by atoms with van der Waals surface area (Å²) in [7, 11) is -4.78. The molecule has 0 aliphatic heterocycles. The van der Waals surface area contributed by atoms with Gasteiger partial charge >= 0.3 is 0 Å². The van der Waals surface area contributed by atoms with Crippen molar-refractivity contribution in [1.29, 1.82) is 0 Å². The molecule has 0 saturated heterocycles. The highest BCUT2D eigenvalue weighted by Gasteiger charge is 2.19. The van der Waals surface area contributed by atoms with Gasteiger partial charge in [0.25, 0.3) is 10.1 Å². The van der Waals surface area contributed by atoms with E-state index >= 15 is 0 Å². The van der Waals surface area contributed by atoms with E-state index in [2.05, 4.69) is 24.6 Å². The summed E-state index contributed by atoms with van der Waals surface area (Å²) in [5.74, 6) is 0.375. The van der Waals surface area contributed by atoms with Gasteiger partial charge in [-0.3, -0.25) is 4.18 Å². The lowest BCUT2D eigenvalue weighted by molar-refractivity contribution is 0.0901. The van der Waals surface area contributed by atoms with E-state index in [9.17, 15) is 8.42 Å². The number of hydrogen-bond donors (Lipinski definition) is 0. The van der Waals surface area contributed by atoms with Gasteiger partial charge in [0.2, 0.25) is 5.88 Å². The number of aryl methyl sites for hydroxylation is 1. The van der Waals surface area contributed by atoms with Crippen molar-refractivity contribution >= 4 is 29.1 Å². The molecular formula is C23H32N2O5SSi. The fourth-order valence-corrected chi connectivity index (χ4v) is 4.40. The third kappa shape index (κ3) is 6.90. The summed E-state index contributed by atoms with van der Waals surface area (Å²) in [4.78, 5) is 4.65. The highest BCUT2D eigenvalue weighted by molar-refractivity contribution is 7.85. The summed E-state index contributed by atoms with van der Waals surface area (Å²) in [5, 5.41) is 0.845. The molecule has 2 heterocycles. The molecule has 3 rings (SSSR count). The summed E-state index contributed by atoms with van der Waals surface area (Å²) in [5.41, 5.74) is 3.27. The lowest BCUT2D eigenvalue weighted by atomic mass is 10.1. The average Bonchev–Trinajstić information content (AvgIpc) is 3.13. The maximum atomic E-state index is 11.7. The zero-order valence-corrected chi connectivity index (χ0v) is 21.2. The van der Waals surface area contributed by atoms with Crippen LogP contribution < -0.4 is 4.74 Å². The van der Waals surface area contributed by atoms with E-state index in [-0.39, 0.29) is 6.61 Å². The quantitative estimate of drug-likeness (QED) is 0.226. The fraction of sp³-hybridized carbons (Fsp3) is 0.435. The van der Waals surface area contributed by atoms with Crippen LogP contribution in [-0.2, 0) is 39.0 Å². The molecule has 174 valence electrons. The SMILES string of the molecule is Cc1nc(OCc2ccccc2)c(COS(C)(=O)=O)c2ccn(COCC[Si](C)(C)C)c12. The van der Waals surface area contributed by atoms with Crippen molar-refractivity contribution in [3.05, 3.63) is 59.4 Å². The van der Waals surface area contributed by atoms with Crippen LogP contribution in [0.1, 0.15) is 16.8 Å². The van der Waals surface area contributed by atoms with Gasteiger partial charge in [0.15, 0.2) is 0 Å². The largest absolute Gasteiger partial charge is 0.473 e. The van der Waals surface area contributed by atoms with E-state index in [0.717, 1.165) is 34.5 Å². The van der Waals surface area contributed by atoms with E-state index < -0.39 is 18.2 Å². The molecule has 0 bridgehead atoms. The number of hydrogen-bond acceptors (Lipinski definition) is 6. The molecule has 0 aliphatic rings. The lowest BCUT2D eigenvalue weighted by Crippen LogP contribution is -2.22. The predicted octanol–water partition coefficient (Wildman–Crippen LogP) is 4.71. The van der Waals surface area contributed by atoms with Gasteiger partial charge in [-0.15, -0.1) is 0 Å². The Labute approximate surface area is 191 Å². The Balaban J connectivity index is 1.89. The van der Waals surface area contributed by atoms with Gasteiger partial charge in [0.05, 0.1) is 29.6 Å². The minimum absolute atomic E-state index is 0.146. The van der Waals surface area contributed by atoms with Crippen LogP contribution in [0.4, 0.5) is 0 Å². The standard InChI is InChI=1S/C23H32N2O5SSi/c1-18-22-20(11-12-25(22)17-28-13-14-32(3,4)5)21(16-30-31(2,26)27)23(24-18)29-15-19-9-7-6-8-10-19/h6-12H,13-17H2,1-5H3. The molecule has 0 amide bonds. The van der Waals surface area contributed by atoms with Crippen molar-refractivity contribution < 1.29 is 22.1 Å². The first-order valence-electron chi connectivity index (χ1n) is 10.6. The van der Waals surface area contributed by atoms with Crippen LogP contribution in [0, 0.1) is 6.92 Å². The minimum Gasteiger partial charge on any atom is -0.473 e. The molecule has 0 radical (unpaired) electrons. The molecule has 7 nitrogen and oxygen atoms in total. The third-order valence-corrected chi connectivity index (χ3v) is 7.27. The normalized spacial score (nSPS) is 12.4. The molecule has 0 fully saturated rings. The molecule has 0 atom stereocenters. The van der Waals surface area contributed by atoms with Crippen molar-refractivity contribution in [3.8, 4) is 5.88 Å². The number of fused-ring (bicyclic) bond motifs is 1. The summed E-state index contributed by atoms with van der Waals surface area (Å²) in [6.45, 7) is 10.2. The van der Waals surface area contributed by atoms with Crippen LogP contribution in [0.5, 0.6) is 5.88 Å². The van der Waals surface area contributed by atoms with E-state index in [4.69, 9.17) is 13.7 Å². The highest BCUT2D eigenvalue weighted by atomic mass is 32.2. The van der Waals surface area contributed by atoms with E-state index in [1.54, 1.807) is 0 Å². The smallest absolute Gasteiger partial charge is 0.264 e. The Hall–Kier alpha value is -2.20. The second-order valence-electron chi connectivity index (χ2n) is 9.12. The molecule has 9 heteroatoms. The highest BCUT2D eigenvalue weighted by Crippen LogP contribution is 2.31. The van der Waals surface area contributed by atoms with Gasteiger partial charge in [-0.2, -0.15) is 8.42 Å². The van der Waals surface area contributed by atoms with Gasteiger partial charge in [0.1, 0.15) is 13.3 Å². The Morgan fingerprint density at radius 2 is 1.78 bits per heavy atom. The first-order chi connectivity index (χ1) is 15.0.